The number of ketones is 1. The van der Waals surface area contributed by atoms with Crippen molar-refractivity contribution in [2.24, 2.45) is 5.92 Å². The van der Waals surface area contributed by atoms with E-state index in [0.717, 1.165) is 12.8 Å². The maximum absolute atomic E-state index is 11.8. The molecule has 1 amide bonds. The number of hydrogen-bond acceptors (Lipinski definition) is 2. The van der Waals surface area contributed by atoms with E-state index in [1.165, 1.54) is 0 Å². The van der Waals surface area contributed by atoms with Gasteiger partial charge in [0.25, 0.3) is 0 Å². The highest BCUT2D eigenvalue weighted by Gasteiger charge is 2.43. The number of hydrogen-bond donors (Lipinski definition) is 1. The lowest BCUT2D eigenvalue weighted by Gasteiger charge is -2.34. The van der Waals surface area contributed by atoms with Crippen LogP contribution in [0.3, 0.4) is 0 Å². The molecule has 17 heavy (non-hydrogen) atoms. The molecule has 3 nitrogen and oxygen atoms in total. The van der Waals surface area contributed by atoms with Gasteiger partial charge >= 0.3 is 0 Å². The third-order valence-electron chi connectivity index (χ3n) is 2.79. The predicted octanol–water partition coefficient (Wildman–Crippen LogP) is 2.84. The molecule has 1 aliphatic rings. The summed E-state index contributed by atoms with van der Waals surface area (Å²) in [5.41, 5.74) is 0. The van der Waals surface area contributed by atoms with E-state index in [4.69, 9.17) is 46.4 Å². The molecule has 0 heterocycles. The van der Waals surface area contributed by atoms with E-state index in [1.54, 1.807) is 0 Å². The van der Waals surface area contributed by atoms with Crippen molar-refractivity contribution in [1.82, 2.24) is 5.32 Å². The number of nitrogens with one attached hydrogen (secondary N) is 1. The van der Waals surface area contributed by atoms with E-state index < -0.39 is 21.7 Å². The average molecular weight is 321 g/mol. The highest BCUT2D eigenvalue weighted by molar-refractivity contribution is 6.68. The van der Waals surface area contributed by atoms with Gasteiger partial charge in [0.15, 0.2) is 0 Å². The zero-order valence-electron chi connectivity index (χ0n) is 9.02. The molecule has 1 saturated carbocycles. The molecule has 0 aromatic carbocycles. The van der Waals surface area contributed by atoms with E-state index in [2.05, 4.69) is 5.32 Å². The molecule has 1 rings (SSSR count). The lowest BCUT2D eigenvalue weighted by atomic mass is 9.83. The molecule has 98 valence electrons. The topological polar surface area (TPSA) is 46.2 Å². The molecule has 1 fully saturated rings. The van der Waals surface area contributed by atoms with Crippen LogP contribution in [0, 0.1) is 5.92 Å². The minimum atomic E-state index is -1.71. The van der Waals surface area contributed by atoms with Crippen molar-refractivity contribution in [3.05, 3.63) is 0 Å². The summed E-state index contributed by atoms with van der Waals surface area (Å²) in [4.78, 5) is 23.1. The van der Waals surface area contributed by atoms with Crippen LogP contribution in [0.2, 0.25) is 0 Å². The van der Waals surface area contributed by atoms with Gasteiger partial charge in [-0.2, -0.15) is 0 Å². The summed E-state index contributed by atoms with van der Waals surface area (Å²) < 4.78 is -1.71. The van der Waals surface area contributed by atoms with Crippen LogP contribution in [0.25, 0.3) is 0 Å². The van der Waals surface area contributed by atoms with Crippen LogP contribution >= 0.6 is 46.4 Å². The Morgan fingerprint density at radius 2 is 2.06 bits per heavy atom. The summed E-state index contributed by atoms with van der Waals surface area (Å²) in [6, 6.07) is -0.813. The maximum atomic E-state index is 11.8. The highest BCUT2D eigenvalue weighted by atomic mass is 35.6. The Hall–Kier alpha value is 0.300. The first kappa shape index (κ1) is 15.4. The van der Waals surface area contributed by atoms with Gasteiger partial charge in [0.05, 0.1) is 6.04 Å². The normalized spacial score (nSPS) is 23.3. The Kier molecular flexibility index (Phi) is 5.84. The van der Waals surface area contributed by atoms with E-state index in [0.29, 0.717) is 12.8 Å². The van der Waals surface area contributed by atoms with E-state index in [9.17, 15) is 9.59 Å². The van der Waals surface area contributed by atoms with Crippen LogP contribution in [-0.4, -0.2) is 27.4 Å². The van der Waals surface area contributed by atoms with Gasteiger partial charge in [-0.25, -0.2) is 0 Å². The predicted molar refractivity (Wildman–Crippen MR) is 69.9 cm³/mol. The molecule has 0 aromatic heterocycles. The Labute approximate surface area is 120 Å². The number of carbonyl (C=O) groups is 2. The quantitative estimate of drug-likeness (QED) is 0.813. The van der Waals surface area contributed by atoms with Gasteiger partial charge in [-0.05, 0) is 12.8 Å². The first-order valence-corrected chi connectivity index (χ1v) is 6.98. The van der Waals surface area contributed by atoms with Gasteiger partial charge < -0.3 is 5.32 Å². The van der Waals surface area contributed by atoms with Crippen molar-refractivity contribution in [2.45, 2.75) is 35.5 Å². The first-order chi connectivity index (χ1) is 7.86. The zero-order valence-corrected chi connectivity index (χ0v) is 12.0. The lowest BCUT2D eigenvalue weighted by Crippen LogP contribution is -2.52. The summed E-state index contributed by atoms with van der Waals surface area (Å²) in [5.74, 6) is -1.08. The van der Waals surface area contributed by atoms with Crippen molar-refractivity contribution in [3.63, 3.8) is 0 Å². The fourth-order valence-corrected chi connectivity index (χ4v) is 2.68. The van der Waals surface area contributed by atoms with Crippen LogP contribution in [0.1, 0.15) is 25.7 Å². The number of halogens is 4. The molecule has 0 aromatic rings. The van der Waals surface area contributed by atoms with Crippen LogP contribution < -0.4 is 5.32 Å². The van der Waals surface area contributed by atoms with Gasteiger partial charge in [-0.3, -0.25) is 9.59 Å². The summed E-state index contributed by atoms with van der Waals surface area (Å²) >= 11 is 22.9. The fraction of sp³-hybridized carbons (Fsp3) is 0.800. The molecule has 0 unspecified atom stereocenters. The largest absolute Gasteiger partial charge is 0.347 e. The Bertz CT molecular complexity index is 303. The average Bonchev–Trinajstić information content (AvgIpc) is 2.25. The summed E-state index contributed by atoms with van der Waals surface area (Å²) in [7, 11) is 0. The molecule has 0 radical (unpaired) electrons. The van der Waals surface area contributed by atoms with E-state index in [-0.39, 0.29) is 11.7 Å². The van der Waals surface area contributed by atoms with Crippen molar-refractivity contribution in [3.8, 4) is 0 Å². The van der Waals surface area contributed by atoms with Crippen molar-refractivity contribution < 1.29 is 9.59 Å². The molecule has 1 N–H and O–H groups in total. The molecule has 7 heteroatoms. The molecular weight excluding hydrogens is 308 g/mol. The second-order valence-electron chi connectivity index (χ2n) is 4.04. The molecular formula is C10H13Cl4NO2. The molecule has 0 saturated heterocycles. The van der Waals surface area contributed by atoms with Gasteiger partial charge in [-0.1, -0.05) is 41.2 Å². The Balaban J connectivity index is 2.81. The smallest absolute Gasteiger partial charge is 0.235 e. The lowest BCUT2D eigenvalue weighted by molar-refractivity contribution is -0.126. The van der Waals surface area contributed by atoms with E-state index in [1.807, 2.05) is 0 Å². The minimum Gasteiger partial charge on any atom is -0.347 e. The van der Waals surface area contributed by atoms with Crippen LogP contribution in [0.4, 0.5) is 0 Å². The molecule has 1 aliphatic carbocycles. The number of alkyl halides is 4. The first-order valence-electron chi connectivity index (χ1n) is 5.31. The van der Waals surface area contributed by atoms with Crippen LogP contribution in [0.15, 0.2) is 0 Å². The number of carbonyl (C=O) groups excluding carboxylic acids is 2. The minimum absolute atomic E-state index is 0.0300. The molecule has 0 aliphatic heterocycles. The number of amides is 1. The Morgan fingerprint density at radius 1 is 1.41 bits per heavy atom. The molecule has 2 atom stereocenters. The summed E-state index contributed by atoms with van der Waals surface area (Å²) in [6.07, 6.45) is 2.84. The van der Waals surface area contributed by atoms with Gasteiger partial charge in [0, 0.05) is 12.3 Å². The second kappa shape index (κ2) is 6.46. The summed E-state index contributed by atoms with van der Waals surface area (Å²) in [6.45, 7) is 0. The molecule has 0 spiro atoms. The third-order valence-corrected chi connectivity index (χ3v) is 3.74. The monoisotopic (exact) mass is 319 g/mol. The zero-order chi connectivity index (χ0) is 13.1. The van der Waals surface area contributed by atoms with Crippen LogP contribution in [0.5, 0.6) is 0 Å². The second-order valence-corrected chi connectivity index (χ2v) is 6.68. The van der Waals surface area contributed by atoms with Gasteiger partial charge in [0.1, 0.15) is 11.7 Å². The standard InChI is InChI=1S/C10H13Cl4NO2/c11-5-8(17)15-9(10(12,13)14)6-3-1-2-4-7(6)16/h6,9H,1-5H2,(H,15,17)/t6-,9+/m1/s1. The van der Waals surface area contributed by atoms with Crippen molar-refractivity contribution in [1.29, 1.82) is 0 Å². The maximum Gasteiger partial charge on any atom is 0.235 e. The highest BCUT2D eigenvalue weighted by Crippen LogP contribution is 2.38. The van der Waals surface area contributed by atoms with Crippen molar-refractivity contribution in [2.75, 3.05) is 5.88 Å². The number of rotatable bonds is 3. The fourth-order valence-electron chi connectivity index (χ4n) is 1.98. The van der Waals surface area contributed by atoms with Gasteiger partial charge in [0.2, 0.25) is 9.70 Å². The van der Waals surface area contributed by atoms with E-state index >= 15 is 0 Å². The van der Waals surface area contributed by atoms with Crippen molar-refractivity contribution >= 4 is 58.1 Å². The van der Waals surface area contributed by atoms with Gasteiger partial charge in [-0.15, -0.1) is 11.6 Å². The Morgan fingerprint density at radius 3 is 2.53 bits per heavy atom. The molecule has 0 bridgehead atoms. The van der Waals surface area contributed by atoms with Crippen LogP contribution in [-0.2, 0) is 9.59 Å². The summed E-state index contributed by atoms with van der Waals surface area (Å²) in [5, 5.41) is 2.52. The number of Topliss-reactive ketones (excluding diaryl/α,β-unsaturated/α-hetero) is 1. The SMILES string of the molecule is O=C(CCl)N[C@@H]([C@@H]1CCCCC1=O)C(Cl)(Cl)Cl. The third kappa shape index (κ3) is 4.47.